The summed E-state index contributed by atoms with van der Waals surface area (Å²) < 4.78 is 140. The van der Waals surface area contributed by atoms with Gasteiger partial charge in [-0.05, 0) is 89.9 Å². The van der Waals surface area contributed by atoms with Gasteiger partial charge in [0.05, 0.1) is 0 Å². The molecule has 0 aliphatic heterocycles. The molecule has 0 fully saturated rings. The van der Waals surface area contributed by atoms with Crippen molar-refractivity contribution in [3.63, 3.8) is 0 Å². The van der Waals surface area contributed by atoms with E-state index >= 15 is 22.0 Å². The second kappa shape index (κ2) is 13.3. The maximum Gasteiger partial charge on any atom is 0.407 e. The maximum atomic E-state index is 16.1. The molecule has 0 aliphatic rings. The van der Waals surface area contributed by atoms with Crippen LogP contribution >= 0.6 is 0 Å². The summed E-state index contributed by atoms with van der Waals surface area (Å²) in [5, 5.41) is 0. The summed E-state index contributed by atoms with van der Waals surface area (Å²) in [4.78, 5) is 0. The van der Waals surface area contributed by atoms with Crippen molar-refractivity contribution in [2.45, 2.75) is 77.7 Å². The minimum absolute atomic E-state index is 0.0171. The van der Waals surface area contributed by atoms with Crippen molar-refractivity contribution in [1.82, 2.24) is 0 Å². The van der Waals surface area contributed by atoms with Crippen molar-refractivity contribution in [3.8, 4) is 16.9 Å². The Kier molecular flexibility index (Phi) is 10.1. The van der Waals surface area contributed by atoms with Gasteiger partial charge in [-0.2, -0.15) is 8.78 Å². The first-order valence-corrected chi connectivity index (χ1v) is 15.2. The third-order valence-electron chi connectivity index (χ3n) is 8.84. The van der Waals surface area contributed by atoms with Gasteiger partial charge in [0.1, 0.15) is 34.4 Å². The first-order chi connectivity index (χ1) is 21.9. The molecule has 47 heavy (non-hydrogen) atoms. The number of alkyl halides is 2. The van der Waals surface area contributed by atoms with Crippen LogP contribution in [-0.4, -0.2) is 6.11 Å². The van der Waals surface area contributed by atoms with Crippen LogP contribution in [0.5, 0.6) is 5.75 Å². The summed E-state index contributed by atoms with van der Waals surface area (Å²) in [6.45, 7) is 9.71. The molecule has 0 aromatic heterocycles. The lowest BCUT2D eigenvalue weighted by molar-refractivity contribution is -0.233. The van der Waals surface area contributed by atoms with Gasteiger partial charge in [0, 0.05) is 22.6 Å². The van der Waals surface area contributed by atoms with Gasteiger partial charge in [0.25, 0.3) is 0 Å². The monoisotopic (exact) mass is 666 g/mol. The summed E-state index contributed by atoms with van der Waals surface area (Å²) in [7, 11) is 0. The van der Waals surface area contributed by atoms with Gasteiger partial charge in [0.15, 0.2) is 17.5 Å². The van der Waals surface area contributed by atoms with Crippen LogP contribution in [0.15, 0.2) is 60.7 Å². The Bertz CT molecular complexity index is 1730. The molecule has 0 radical (unpaired) electrons. The van der Waals surface area contributed by atoms with Crippen molar-refractivity contribution >= 4 is 0 Å². The second-order valence-electron chi connectivity index (χ2n) is 12.7. The van der Waals surface area contributed by atoms with E-state index in [1.54, 1.807) is 26.0 Å². The lowest BCUT2D eigenvalue weighted by Gasteiger charge is -2.39. The molecule has 0 saturated carbocycles. The van der Waals surface area contributed by atoms with E-state index in [-0.39, 0.29) is 17.0 Å². The number of halogens is 9. The number of hydrogen-bond donors (Lipinski definition) is 0. The standard InChI is InChI=1S/C37H35F9O/c1-7-36(8-2,37(45,46)47-24-10-11-25(27(38)19-24)22-15-31(42)34(44)32(43)16-22)33-29(40)17-23(18-30(33)41)35(5,6)26-12-9-21(13-20(3)4)14-28(26)39/h9-12,14-20H,7-8,13H2,1-6H3. The van der Waals surface area contributed by atoms with E-state index in [0.29, 0.717) is 24.6 Å². The third-order valence-corrected chi connectivity index (χ3v) is 8.84. The average Bonchev–Trinajstić information content (AvgIpc) is 2.96. The molecule has 0 unspecified atom stereocenters. The molecule has 0 saturated heterocycles. The Morgan fingerprint density at radius 3 is 1.72 bits per heavy atom. The van der Waals surface area contributed by atoms with Crippen LogP contribution in [0.4, 0.5) is 39.5 Å². The van der Waals surface area contributed by atoms with Gasteiger partial charge in [-0.25, -0.2) is 30.7 Å². The second-order valence-corrected chi connectivity index (χ2v) is 12.7. The predicted octanol–water partition coefficient (Wildman–Crippen LogP) is 11.6. The van der Waals surface area contributed by atoms with Crippen LogP contribution in [0, 0.1) is 46.6 Å². The van der Waals surface area contributed by atoms with Crippen LogP contribution in [0.2, 0.25) is 0 Å². The van der Waals surface area contributed by atoms with E-state index in [2.05, 4.69) is 0 Å². The maximum absolute atomic E-state index is 16.1. The molecule has 10 heteroatoms. The van der Waals surface area contributed by atoms with Gasteiger partial charge in [-0.1, -0.05) is 53.7 Å². The van der Waals surface area contributed by atoms with Gasteiger partial charge in [-0.15, -0.1) is 0 Å². The van der Waals surface area contributed by atoms with Crippen molar-refractivity contribution in [1.29, 1.82) is 0 Å². The Labute approximate surface area is 268 Å². The molecule has 4 aromatic rings. The topological polar surface area (TPSA) is 9.23 Å². The molecular weight excluding hydrogens is 631 g/mol. The summed E-state index contributed by atoms with van der Waals surface area (Å²) in [5.74, 6) is -9.75. The molecule has 0 heterocycles. The quantitative estimate of drug-likeness (QED) is 0.114. The average molecular weight is 667 g/mol. The molecule has 1 nitrogen and oxygen atoms in total. The molecule has 4 aromatic carbocycles. The van der Waals surface area contributed by atoms with Crippen LogP contribution in [0.25, 0.3) is 11.1 Å². The van der Waals surface area contributed by atoms with Crippen LogP contribution in [0.1, 0.15) is 76.6 Å². The number of ether oxygens (including phenoxy) is 1. The molecular formula is C37H35F9O. The molecule has 252 valence electrons. The molecule has 0 N–H and O–H groups in total. The molecule has 4 rings (SSSR count). The zero-order valence-electron chi connectivity index (χ0n) is 26.8. The predicted molar refractivity (Wildman–Crippen MR) is 163 cm³/mol. The highest BCUT2D eigenvalue weighted by molar-refractivity contribution is 5.65. The first-order valence-electron chi connectivity index (χ1n) is 15.2. The smallest absolute Gasteiger partial charge is 0.407 e. The van der Waals surface area contributed by atoms with Crippen LogP contribution < -0.4 is 4.74 Å². The molecule has 0 spiro atoms. The number of benzene rings is 4. The van der Waals surface area contributed by atoms with Gasteiger partial charge < -0.3 is 4.74 Å². The molecule has 0 aliphatic carbocycles. The van der Waals surface area contributed by atoms with E-state index in [4.69, 9.17) is 4.74 Å². The summed E-state index contributed by atoms with van der Waals surface area (Å²) in [6, 6.07) is 9.88. The zero-order chi connectivity index (χ0) is 35.1. The Hall–Kier alpha value is -3.95. The number of hydrogen-bond acceptors (Lipinski definition) is 1. The summed E-state index contributed by atoms with van der Waals surface area (Å²) in [6.07, 6.45) is -4.69. The number of rotatable bonds is 11. The minimum Gasteiger partial charge on any atom is -0.432 e. The Morgan fingerprint density at radius 2 is 1.23 bits per heavy atom. The van der Waals surface area contributed by atoms with Gasteiger partial charge in [-0.3, -0.25) is 0 Å². The first kappa shape index (κ1) is 35.9. The van der Waals surface area contributed by atoms with E-state index in [1.165, 1.54) is 19.9 Å². The lowest BCUT2D eigenvalue weighted by atomic mass is 9.71. The van der Waals surface area contributed by atoms with Crippen molar-refractivity contribution in [3.05, 3.63) is 124 Å². The fourth-order valence-corrected chi connectivity index (χ4v) is 6.12. The normalized spacial score (nSPS) is 12.6. The zero-order valence-corrected chi connectivity index (χ0v) is 26.8. The fourth-order valence-electron chi connectivity index (χ4n) is 6.12. The van der Waals surface area contributed by atoms with Gasteiger partial charge in [0.2, 0.25) is 0 Å². The Morgan fingerprint density at radius 1 is 0.660 bits per heavy atom. The van der Waals surface area contributed by atoms with Crippen LogP contribution in [0.3, 0.4) is 0 Å². The van der Waals surface area contributed by atoms with Gasteiger partial charge >= 0.3 is 6.11 Å². The largest absolute Gasteiger partial charge is 0.432 e. The summed E-state index contributed by atoms with van der Waals surface area (Å²) >= 11 is 0. The van der Waals surface area contributed by atoms with Crippen molar-refractivity contribution in [2.24, 2.45) is 5.92 Å². The highest BCUT2D eigenvalue weighted by Gasteiger charge is 2.57. The molecule has 0 atom stereocenters. The summed E-state index contributed by atoms with van der Waals surface area (Å²) in [5.41, 5.74) is -4.67. The third kappa shape index (κ3) is 6.74. The van der Waals surface area contributed by atoms with E-state index < -0.39 is 92.9 Å². The molecule has 0 bridgehead atoms. The highest BCUT2D eigenvalue weighted by atomic mass is 19.3. The van der Waals surface area contributed by atoms with E-state index in [9.17, 15) is 17.6 Å². The lowest BCUT2D eigenvalue weighted by Crippen LogP contribution is -2.50. The van der Waals surface area contributed by atoms with Crippen LogP contribution in [-0.2, 0) is 17.3 Å². The Balaban J connectivity index is 1.71. The highest BCUT2D eigenvalue weighted by Crippen LogP contribution is 2.49. The SMILES string of the molecule is CCC(CC)(c1c(F)cc(C(C)(C)c2ccc(CC(C)C)cc2F)cc1F)C(F)(F)Oc1ccc(-c2cc(F)c(F)c(F)c2)c(F)c1. The van der Waals surface area contributed by atoms with E-state index in [1.807, 2.05) is 13.8 Å². The fraction of sp³-hybridized carbons (Fsp3) is 0.351. The minimum atomic E-state index is -4.31. The van der Waals surface area contributed by atoms with E-state index in [0.717, 1.165) is 29.8 Å². The molecule has 0 amide bonds. The van der Waals surface area contributed by atoms with Crippen molar-refractivity contribution < 1.29 is 44.3 Å². The van der Waals surface area contributed by atoms with Crippen molar-refractivity contribution in [2.75, 3.05) is 0 Å².